The Bertz CT molecular complexity index is 422. The molecule has 2 atom stereocenters. The molecular formula is C13H21N3O2S. The number of nitrogens with two attached hydrogens (primary N) is 1. The lowest BCUT2D eigenvalue weighted by molar-refractivity contribution is 0.0933. The molecular weight excluding hydrogens is 262 g/mol. The summed E-state index contributed by atoms with van der Waals surface area (Å²) in [5.74, 6) is 0.614. The number of aliphatic hydroxyl groups is 1. The van der Waals surface area contributed by atoms with Gasteiger partial charge in [0.15, 0.2) is 0 Å². The van der Waals surface area contributed by atoms with E-state index in [0.717, 1.165) is 24.3 Å². The zero-order valence-electron chi connectivity index (χ0n) is 11.0. The topological polar surface area (TPSA) is 88.2 Å². The number of aliphatic hydroxyl groups excluding tert-OH is 1. The van der Waals surface area contributed by atoms with Crippen LogP contribution in [-0.4, -0.2) is 35.7 Å². The van der Waals surface area contributed by atoms with Crippen molar-refractivity contribution in [1.29, 1.82) is 0 Å². The Hall–Kier alpha value is -0.980. The summed E-state index contributed by atoms with van der Waals surface area (Å²) >= 11 is 1.47. The maximum Gasteiger partial charge on any atom is 0.270 e. The maximum absolute atomic E-state index is 12.0. The summed E-state index contributed by atoms with van der Waals surface area (Å²) in [6, 6.07) is 0. The van der Waals surface area contributed by atoms with E-state index in [1.54, 1.807) is 5.38 Å². The van der Waals surface area contributed by atoms with Gasteiger partial charge in [-0.05, 0) is 31.2 Å². The molecule has 2 rings (SSSR count). The molecule has 2 unspecified atom stereocenters. The molecule has 0 aliphatic heterocycles. The molecule has 1 aromatic heterocycles. The molecule has 1 amide bonds. The number of thiazole rings is 1. The van der Waals surface area contributed by atoms with Crippen molar-refractivity contribution in [2.24, 2.45) is 17.6 Å². The van der Waals surface area contributed by atoms with Crippen LogP contribution < -0.4 is 11.1 Å². The molecule has 0 saturated heterocycles. The molecule has 1 aromatic rings. The molecule has 1 aliphatic rings. The van der Waals surface area contributed by atoms with E-state index >= 15 is 0 Å². The van der Waals surface area contributed by atoms with E-state index in [0.29, 0.717) is 37.0 Å². The zero-order valence-corrected chi connectivity index (χ0v) is 11.8. The molecule has 1 heterocycles. The van der Waals surface area contributed by atoms with Crippen molar-refractivity contribution >= 4 is 17.2 Å². The predicted octanol–water partition coefficient (Wildman–Crippen LogP) is 0.783. The summed E-state index contributed by atoms with van der Waals surface area (Å²) < 4.78 is 0. The fraction of sp³-hybridized carbons (Fsp3) is 0.692. The fourth-order valence-corrected chi connectivity index (χ4v) is 3.38. The second kappa shape index (κ2) is 6.98. The number of carbonyl (C=O) groups is 1. The highest BCUT2D eigenvalue weighted by molar-refractivity contribution is 7.09. The van der Waals surface area contributed by atoms with Gasteiger partial charge in [-0.25, -0.2) is 4.98 Å². The average Bonchev–Trinajstić information content (AvgIpc) is 3.04. The smallest absolute Gasteiger partial charge is 0.270 e. The molecule has 6 heteroatoms. The number of amides is 1. The van der Waals surface area contributed by atoms with Gasteiger partial charge in [0.25, 0.3) is 5.91 Å². The van der Waals surface area contributed by atoms with Crippen LogP contribution in [0.2, 0.25) is 0 Å². The van der Waals surface area contributed by atoms with Crippen LogP contribution in [-0.2, 0) is 6.42 Å². The van der Waals surface area contributed by atoms with Crippen LogP contribution >= 0.6 is 11.3 Å². The first-order valence-electron chi connectivity index (χ1n) is 6.78. The molecule has 0 bridgehead atoms. The van der Waals surface area contributed by atoms with Crippen LogP contribution in [0.3, 0.4) is 0 Å². The molecule has 1 aliphatic carbocycles. The van der Waals surface area contributed by atoms with Gasteiger partial charge in [-0.15, -0.1) is 11.3 Å². The summed E-state index contributed by atoms with van der Waals surface area (Å²) in [7, 11) is 0. The largest absolute Gasteiger partial charge is 0.396 e. The van der Waals surface area contributed by atoms with Crippen LogP contribution in [0.5, 0.6) is 0 Å². The van der Waals surface area contributed by atoms with E-state index in [-0.39, 0.29) is 12.5 Å². The molecule has 0 radical (unpaired) electrons. The number of carbonyl (C=O) groups excluding carboxylic acids is 1. The molecule has 5 nitrogen and oxygen atoms in total. The highest BCUT2D eigenvalue weighted by Gasteiger charge is 2.27. The summed E-state index contributed by atoms with van der Waals surface area (Å²) in [4.78, 5) is 16.2. The van der Waals surface area contributed by atoms with E-state index in [2.05, 4.69) is 10.3 Å². The zero-order chi connectivity index (χ0) is 13.7. The molecule has 4 N–H and O–H groups in total. The average molecular weight is 283 g/mol. The van der Waals surface area contributed by atoms with Crippen LogP contribution in [0.1, 0.15) is 34.8 Å². The Morgan fingerprint density at radius 1 is 1.53 bits per heavy atom. The second-order valence-corrected chi connectivity index (χ2v) is 5.95. The second-order valence-electron chi connectivity index (χ2n) is 5.01. The normalized spacial score (nSPS) is 22.6. The number of nitrogens with one attached hydrogen (secondary N) is 1. The molecule has 0 spiro atoms. The number of hydrogen-bond acceptors (Lipinski definition) is 5. The highest BCUT2D eigenvalue weighted by Crippen LogP contribution is 2.30. The van der Waals surface area contributed by atoms with Gasteiger partial charge in [-0.3, -0.25) is 4.79 Å². The van der Waals surface area contributed by atoms with Crippen LogP contribution in [0, 0.1) is 11.8 Å². The summed E-state index contributed by atoms with van der Waals surface area (Å²) in [6.07, 6.45) is 4.01. The molecule has 19 heavy (non-hydrogen) atoms. The lowest BCUT2D eigenvalue weighted by Crippen LogP contribution is -2.31. The fourth-order valence-electron chi connectivity index (χ4n) is 2.59. The molecule has 0 aromatic carbocycles. The SMILES string of the molecule is NCCc1nc(C(=O)NCC2CCCC2CO)cs1. The summed E-state index contributed by atoms with van der Waals surface area (Å²) in [6.45, 7) is 1.40. The lowest BCUT2D eigenvalue weighted by atomic mass is 9.97. The number of rotatable bonds is 6. The van der Waals surface area contributed by atoms with Crippen molar-refractivity contribution in [3.8, 4) is 0 Å². The Kier molecular flexibility index (Phi) is 5.30. The van der Waals surface area contributed by atoms with Crippen molar-refractivity contribution in [2.45, 2.75) is 25.7 Å². The Morgan fingerprint density at radius 3 is 3.05 bits per heavy atom. The Morgan fingerprint density at radius 2 is 2.32 bits per heavy atom. The lowest BCUT2D eigenvalue weighted by Gasteiger charge is -2.17. The van der Waals surface area contributed by atoms with Gasteiger partial charge in [-0.1, -0.05) is 6.42 Å². The molecule has 1 saturated carbocycles. The van der Waals surface area contributed by atoms with Gasteiger partial charge < -0.3 is 16.2 Å². The highest BCUT2D eigenvalue weighted by atomic mass is 32.1. The minimum absolute atomic E-state index is 0.122. The Labute approximate surface area is 117 Å². The van der Waals surface area contributed by atoms with Crippen LogP contribution in [0.4, 0.5) is 0 Å². The number of hydrogen-bond donors (Lipinski definition) is 3. The van der Waals surface area contributed by atoms with E-state index < -0.39 is 0 Å². The molecule has 1 fully saturated rings. The van der Waals surface area contributed by atoms with Crippen molar-refractivity contribution < 1.29 is 9.90 Å². The van der Waals surface area contributed by atoms with Crippen LogP contribution in [0.25, 0.3) is 0 Å². The number of aromatic nitrogens is 1. The standard InChI is InChI=1S/C13H21N3O2S/c14-5-4-12-16-11(8-19-12)13(18)15-6-9-2-1-3-10(9)7-17/h8-10,17H,1-7,14H2,(H,15,18). The number of nitrogens with zero attached hydrogens (tertiary/aromatic N) is 1. The van der Waals surface area contributed by atoms with E-state index in [4.69, 9.17) is 5.73 Å². The van der Waals surface area contributed by atoms with Crippen LogP contribution in [0.15, 0.2) is 5.38 Å². The van der Waals surface area contributed by atoms with E-state index in [9.17, 15) is 9.90 Å². The van der Waals surface area contributed by atoms with Gasteiger partial charge >= 0.3 is 0 Å². The first-order chi connectivity index (χ1) is 9.24. The summed E-state index contributed by atoms with van der Waals surface area (Å²) in [5, 5.41) is 14.9. The Balaban J connectivity index is 1.83. The van der Waals surface area contributed by atoms with Crippen molar-refractivity contribution in [1.82, 2.24) is 10.3 Å². The van der Waals surface area contributed by atoms with Crippen molar-refractivity contribution in [2.75, 3.05) is 19.7 Å². The first-order valence-corrected chi connectivity index (χ1v) is 7.66. The summed E-state index contributed by atoms with van der Waals surface area (Å²) in [5.41, 5.74) is 5.94. The van der Waals surface area contributed by atoms with Crippen molar-refractivity contribution in [3.05, 3.63) is 16.1 Å². The first kappa shape index (κ1) is 14.4. The van der Waals surface area contributed by atoms with Gasteiger partial charge in [0, 0.05) is 25.0 Å². The third-order valence-electron chi connectivity index (χ3n) is 3.72. The monoisotopic (exact) mass is 283 g/mol. The van der Waals surface area contributed by atoms with Gasteiger partial charge in [0.2, 0.25) is 0 Å². The van der Waals surface area contributed by atoms with E-state index in [1.165, 1.54) is 11.3 Å². The predicted molar refractivity (Wildman–Crippen MR) is 75.1 cm³/mol. The van der Waals surface area contributed by atoms with Gasteiger partial charge in [0.1, 0.15) is 5.69 Å². The quantitative estimate of drug-likeness (QED) is 0.720. The van der Waals surface area contributed by atoms with Crippen molar-refractivity contribution in [3.63, 3.8) is 0 Å². The van der Waals surface area contributed by atoms with Gasteiger partial charge in [-0.2, -0.15) is 0 Å². The maximum atomic E-state index is 12.0. The minimum Gasteiger partial charge on any atom is -0.396 e. The third-order valence-corrected chi connectivity index (χ3v) is 4.63. The molecule has 106 valence electrons. The third kappa shape index (κ3) is 3.75. The van der Waals surface area contributed by atoms with Gasteiger partial charge in [0.05, 0.1) is 5.01 Å². The van der Waals surface area contributed by atoms with E-state index in [1.807, 2.05) is 0 Å². The minimum atomic E-state index is -0.122.